The van der Waals surface area contributed by atoms with E-state index in [1.54, 1.807) is 24.3 Å². The lowest BCUT2D eigenvalue weighted by Crippen LogP contribution is -2.39. The minimum absolute atomic E-state index is 0.108. The zero-order valence-electron chi connectivity index (χ0n) is 14.8. The first-order valence-electron chi connectivity index (χ1n) is 8.26. The van der Waals surface area contributed by atoms with E-state index in [1.807, 2.05) is 50.1 Å². The number of anilines is 1. The van der Waals surface area contributed by atoms with Gasteiger partial charge in [-0.15, -0.1) is 0 Å². The molecule has 0 aromatic heterocycles. The van der Waals surface area contributed by atoms with E-state index in [0.29, 0.717) is 24.4 Å². The highest BCUT2D eigenvalue weighted by Gasteiger charge is 2.18. The normalized spacial score (nSPS) is 11.6. The first-order valence-corrected chi connectivity index (χ1v) is 8.26. The standard InChI is InChI=1S/C20H23N3O2/c1-4-25-19-10-8-16(9-11-19)14-23(3)15(2)20(24)22-18-7-5-6-17(12-18)13-21/h5-12,15H,4,14H2,1-3H3,(H,22,24)/t15-/m0/s1. The molecule has 0 radical (unpaired) electrons. The summed E-state index contributed by atoms with van der Waals surface area (Å²) in [5.41, 5.74) is 2.26. The number of rotatable bonds is 7. The Kier molecular flexibility index (Phi) is 6.55. The summed E-state index contributed by atoms with van der Waals surface area (Å²) in [5, 5.41) is 11.8. The minimum atomic E-state index is -0.308. The van der Waals surface area contributed by atoms with Crippen LogP contribution < -0.4 is 10.1 Å². The van der Waals surface area contributed by atoms with Crippen LogP contribution in [0.15, 0.2) is 48.5 Å². The summed E-state index contributed by atoms with van der Waals surface area (Å²) in [6.07, 6.45) is 0. The van der Waals surface area contributed by atoms with Crippen LogP contribution in [0.4, 0.5) is 5.69 Å². The van der Waals surface area contributed by atoms with Gasteiger partial charge < -0.3 is 10.1 Å². The third-order valence-corrected chi connectivity index (χ3v) is 3.97. The number of likely N-dealkylation sites (N-methyl/N-ethyl adjacent to an activating group) is 1. The zero-order valence-corrected chi connectivity index (χ0v) is 14.8. The van der Waals surface area contributed by atoms with Gasteiger partial charge in [-0.3, -0.25) is 9.69 Å². The molecule has 0 heterocycles. The van der Waals surface area contributed by atoms with E-state index < -0.39 is 0 Å². The number of nitriles is 1. The largest absolute Gasteiger partial charge is 0.494 e. The van der Waals surface area contributed by atoms with E-state index in [0.717, 1.165) is 11.3 Å². The van der Waals surface area contributed by atoms with Crippen molar-refractivity contribution in [3.8, 4) is 11.8 Å². The van der Waals surface area contributed by atoms with Crippen molar-refractivity contribution in [1.29, 1.82) is 5.26 Å². The molecule has 0 aliphatic carbocycles. The molecular formula is C20H23N3O2. The lowest BCUT2D eigenvalue weighted by Gasteiger charge is -2.24. The average molecular weight is 337 g/mol. The summed E-state index contributed by atoms with van der Waals surface area (Å²) in [4.78, 5) is 14.4. The van der Waals surface area contributed by atoms with Crippen molar-refractivity contribution >= 4 is 11.6 Å². The molecule has 0 saturated carbocycles. The Morgan fingerprint density at radius 1 is 1.28 bits per heavy atom. The van der Waals surface area contributed by atoms with Crippen molar-refractivity contribution in [3.63, 3.8) is 0 Å². The number of carbonyl (C=O) groups is 1. The maximum atomic E-state index is 12.4. The summed E-state index contributed by atoms with van der Waals surface area (Å²) >= 11 is 0. The lowest BCUT2D eigenvalue weighted by atomic mass is 10.1. The number of carbonyl (C=O) groups excluding carboxylic acids is 1. The van der Waals surface area contributed by atoms with Gasteiger partial charge in [0, 0.05) is 12.2 Å². The van der Waals surface area contributed by atoms with Gasteiger partial charge in [0.05, 0.1) is 24.3 Å². The van der Waals surface area contributed by atoms with Crippen LogP contribution in [0.5, 0.6) is 5.75 Å². The number of hydrogen-bond acceptors (Lipinski definition) is 4. The fraction of sp³-hybridized carbons (Fsp3) is 0.300. The Hall–Kier alpha value is -2.84. The van der Waals surface area contributed by atoms with Crippen LogP contribution in [0.25, 0.3) is 0 Å². The zero-order chi connectivity index (χ0) is 18.2. The van der Waals surface area contributed by atoms with Gasteiger partial charge in [-0.25, -0.2) is 0 Å². The molecule has 2 aromatic carbocycles. The van der Waals surface area contributed by atoms with Gasteiger partial charge in [0.2, 0.25) is 5.91 Å². The van der Waals surface area contributed by atoms with Crippen LogP contribution >= 0.6 is 0 Å². The van der Waals surface area contributed by atoms with Gasteiger partial charge in [-0.05, 0) is 56.8 Å². The van der Waals surface area contributed by atoms with Gasteiger partial charge in [0.25, 0.3) is 0 Å². The molecule has 0 spiro atoms. The molecule has 5 heteroatoms. The van der Waals surface area contributed by atoms with E-state index in [4.69, 9.17) is 10.00 Å². The molecule has 1 N–H and O–H groups in total. The second kappa shape index (κ2) is 8.86. The van der Waals surface area contributed by atoms with Crippen molar-refractivity contribution < 1.29 is 9.53 Å². The van der Waals surface area contributed by atoms with E-state index in [1.165, 1.54) is 0 Å². The molecule has 0 bridgehead atoms. The van der Waals surface area contributed by atoms with Crippen molar-refractivity contribution in [2.24, 2.45) is 0 Å². The van der Waals surface area contributed by atoms with Crippen molar-refractivity contribution in [1.82, 2.24) is 4.90 Å². The Morgan fingerprint density at radius 2 is 2.00 bits per heavy atom. The molecule has 0 fully saturated rings. The Bertz CT molecular complexity index is 750. The molecule has 25 heavy (non-hydrogen) atoms. The topological polar surface area (TPSA) is 65.4 Å². The molecule has 2 rings (SSSR count). The summed E-state index contributed by atoms with van der Waals surface area (Å²) in [5.74, 6) is 0.737. The second-order valence-corrected chi connectivity index (χ2v) is 5.85. The van der Waals surface area contributed by atoms with Crippen LogP contribution in [0.2, 0.25) is 0 Å². The SMILES string of the molecule is CCOc1ccc(CN(C)[C@@H](C)C(=O)Nc2cccc(C#N)c2)cc1. The molecule has 0 saturated heterocycles. The maximum absolute atomic E-state index is 12.4. The molecule has 1 amide bonds. The van der Waals surface area contributed by atoms with Gasteiger partial charge in [0.1, 0.15) is 5.75 Å². The fourth-order valence-electron chi connectivity index (χ4n) is 2.40. The van der Waals surface area contributed by atoms with Crippen molar-refractivity contribution in [2.45, 2.75) is 26.4 Å². The van der Waals surface area contributed by atoms with E-state index in [-0.39, 0.29) is 11.9 Å². The van der Waals surface area contributed by atoms with Crippen molar-refractivity contribution in [2.75, 3.05) is 19.0 Å². The molecule has 0 aliphatic rings. The number of ether oxygens (including phenoxy) is 1. The first-order chi connectivity index (χ1) is 12.0. The highest BCUT2D eigenvalue weighted by Crippen LogP contribution is 2.15. The summed E-state index contributed by atoms with van der Waals surface area (Å²) in [6.45, 7) is 5.11. The highest BCUT2D eigenvalue weighted by molar-refractivity contribution is 5.94. The molecule has 0 unspecified atom stereocenters. The van der Waals surface area contributed by atoms with Gasteiger partial charge in [-0.2, -0.15) is 5.26 Å². The van der Waals surface area contributed by atoms with Crippen LogP contribution in [-0.2, 0) is 11.3 Å². The van der Waals surface area contributed by atoms with Gasteiger partial charge in [0.15, 0.2) is 0 Å². The van der Waals surface area contributed by atoms with Crippen LogP contribution in [0.1, 0.15) is 25.0 Å². The highest BCUT2D eigenvalue weighted by atomic mass is 16.5. The monoisotopic (exact) mass is 337 g/mol. The minimum Gasteiger partial charge on any atom is -0.494 e. The summed E-state index contributed by atoms with van der Waals surface area (Å²) < 4.78 is 5.44. The van der Waals surface area contributed by atoms with Crippen LogP contribution in [0, 0.1) is 11.3 Å². The molecule has 5 nitrogen and oxygen atoms in total. The van der Waals surface area contributed by atoms with Crippen LogP contribution in [-0.4, -0.2) is 30.5 Å². The lowest BCUT2D eigenvalue weighted by molar-refractivity contribution is -0.120. The Balaban J connectivity index is 1.95. The van der Waals surface area contributed by atoms with E-state index >= 15 is 0 Å². The van der Waals surface area contributed by atoms with Gasteiger partial charge >= 0.3 is 0 Å². The number of hydrogen-bond donors (Lipinski definition) is 1. The fourth-order valence-corrected chi connectivity index (χ4v) is 2.40. The average Bonchev–Trinajstić information content (AvgIpc) is 2.63. The van der Waals surface area contributed by atoms with Crippen LogP contribution in [0.3, 0.4) is 0 Å². The molecule has 130 valence electrons. The quantitative estimate of drug-likeness (QED) is 0.841. The third kappa shape index (κ3) is 5.33. The maximum Gasteiger partial charge on any atom is 0.241 e. The Morgan fingerprint density at radius 3 is 2.64 bits per heavy atom. The number of nitrogens with one attached hydrogen (secondary N) is 1. The molecule has 0 aliphatic heterocycles. The predicted octanol–water partition coefficient (Wildman–Crippen LogP) is 3.42. The second-order valence-electron chi connectivity index (χ2n) is 5.85. The van der Waals surface area contributed by atoms with E-state index in [9.17, 15) is 4.79 Å². The molecular weight excluding hydrogens is 314 g/mol. The smallest absolute Gasteiger partial charge is 0.241 e. The number of benzene rings is 2. The van der Waals surface area contributed by atoms with E-state index in [2.05, 4.69) is 11.4 Å². The van der Waals surface area contributed by atoms with Crippen molar-refractivity contribution in [3.05, 3.63) is 59.7 Å². The van der Waals surface area contributed by atoms with Gasteiger partial charge in [-0.1, -0.05) is 18.2 Å². The third-order valence-electron chi connectivity index (χ3n) is 3.97. The Labute approximate surface area is 148 Å². The predicted molar refractivity (Wildman–Crippen MR) is 98.3 cm³/mol. The summed E-state index contributed by atoms with van der Waals surface area (Å²) in [6, 6.07) is 16.5. The molecule has 1 atom stereocenters. The summed E-state index contributed by atoms with van der Waals surface area (Å²) in [7, 11) is 1.91. The molecule has 2 aromatic rings. The first kappa shape index (κ1) is 18.5. The number of nitrogens with zero attached hydrogens (tertiary/aromatic N) is 2. The number of amides is 1.